The molecule has 2 nitrogen and oxygen atoms in total. The summed E-state index contributed by atoms with van der Waals surface area (Å²) in [5.41, 5.74) is 2.42. The number of rotatable bonds is 18. The zero-order valence-electron chi connectivity index (χ0n) is 20.8. The largest absolute Gasteiger partial charge is 0.327 e. The van der Waals surface area contributed by atoms with E-state index in [0.717, 1.165) is 17.8 Å². The van der Waals surface area contributed by atoms with Crippen LogP contribution in [0.15, 0.2) is 59.5 Å². The smallest absolute Gasteiger partial charge is 0.120 e. The van der Waals surface area contributed by atoms with Crippen molar-refractivity contribution in [2.24, 2.45) is 0 Å². The third-order valence-electron chi connectivity index (χ3n) is 6.58. The van der Waals surface area contributed by atoms with Crippen molar-refractivity contribution in [3.8, 4) is 0 Å². The van der Waals surface area contributed by atoms with E-state index in [0.29, 0.717) is 0 Å². The lowest BCUT2D eigenvalue weighted by atomic mass is 10.0. The van der Waals surface area contributed by atoms with Gasteiger partial charge < -0.3 is 4.57 Å². The van der Waals surface area contributed by atoms with Gasteiger partial charge in [-0.3, -0.25) is 0 Å². The van der Waals surface area contributed by atoms with Gasteiger partial charge in [0.1, 0.15) is 5.82 Å². The molecule has 3 heteroatoms. The molecule has 0 fully saturated rings. The van der Waals surface area contributed by atoms with E-state index in [1.54, 1.807) is 0 Å². The highest BCUT2D eigenvalue weighted by atomic mass is 32.2. The number of unbranched alkanes of at least 4 members (excludes halogenated alkanes) is 13. The van der Waals surface area contributed by atoms with Crippen LogP contribution in [0.4, 0.5) is 0 Å². The van der Waals surface area contributed by atoms with Crippen molar-refractivity contribution in [1.82, 2.24) is 9.55 Å². The molecule has 2 aromatic carbocycles. The zero-order chi connectivity index (χ0) is 23.0. The summed E-state index contributed by atoms with van der Waals surface area (Å²) in [6, 6.07) is 19.3. The van der Waals surface area contributed by atoms with Crippen molar-refractivity contribution in [2.75, 3.05) is 0 Å². The van der Waals surface area contributed by atoms with E-state index in [4.69, 9.17) is 4.98 Å². The van der Waals surface area contributed by atoms with Gasteiger partial charge in [0, 0.05) is 11.4 Å². The van der Waals surface area contributed by atoms with Crippen LogP contribution in [0.2, 0.25) is 0 Å². The molecule has 0 aliphatic rings. The molecule has 0 bridgehead atoms. The zero-order valence-corrected chi connectivity index (χ0v) is 21.6. The molecule has 0 aliphatic carbocycles. The number of aryl methyl sites for hydroxylation is 1. The van der Waals surface area contributed by atoms with E-state index in [-0.39, 0.29) is 0 Å². The minimum atomic E-state index is 0.928. The normalized spacial score (nSPS) is 11.4. The van der Waals surface area contributed by atoms with Crippen LogP contribution < -0.4 is 0 Å². The van der Waals surface area contributed by atoms with Gasteiger partial charge >= 0.3 is 0 Å². The molecule has 0 aliphatic heterocycles. The number of thioether (sulfide) groups is 1. The number of hydrogen-bond acceptors (Lipinski definition) is 2. The first-order chi connectivity index (χ1) is 16.4. The summed E-state index contributed by atoms with van der Waals surface area (Å²) in [5, 5.41) is 0. The molecule has 3 aromatic rings. The average Bonchev–Trinajstić information content (AvgIpc) is 3.21. The molecular weight excluding hydrogens is 420 g/mol. The SMILES string of the molecule is CCCCCCCCCCCCCCCCn1c(CSc2ccccc2)nc2ccccc21. The fraction of sp³-hybridized carbons (Fsp3) is 0.567. The van der Waals surface area contributed by atoms with Gasteiger partial charge in [0.05, 0.1) is 16.8 Å². The summed E-state index contributed by atoms with van der Waals surface area (Å²) in [5.74, 6) is 2.14. The van der Waals surface area contributed by atoms with E-state index in [2.05, 4.69) is 66.1 Å². The molecule has 180 valence electrons. The predicted molar refractivity (Wildman–Crippen MR) is 146 cm³/mol. The summed E-state index contributed by atoms with van der Waals surface area (Å²) < 4.78 is 2.46. The Kier molecular flexibility index (Phi) is 12.5. The van der Waals surface area contributed by atoms with Crippen LogP contribution in [0.5, 0.6) is 0 Å². The fourth-order valence-corrected chi connectivity index (χ4v) is 5.48. The summed E-state index contributed by atoms with van der Waals surface area (Å²) in [6.07, 6.45) is 19.7. The Morgan fingerprint density at radius 3 is 1.82 bits per heavy atom. The Balaban J connectivity index is 1.31. The minimum Gasteiger partial charge on any atom is -0.327 e. The summed E-state index contributed by atoms with van der Waals surface area (Å²) in [6.45, 7) is 3.38. The van der Waals surface area contributed by atoms with Crippen LogP contribution >= 0.6 is 11.8 Å². The maximum Gasteiger partial charge on any atom is 0.120 e. The molecule has 0 amide bonds. The first-order valence-electron chi connectivity index (χ1n) is 13.5. The molecule has 1 heterocycles. The van der Waals surface area contributed by atoms with Crippen LogP contribution in [0, 0.1) is 0 Å². The van der Waals surface area contributed by atoms with Crippen LogP contribution in [0.1, 0.15) is 103 Å². The van der Waals surface area contributed by atoms with Crippen molar-refractivity contribution < 1.29 is 0 Å². The molecule has 0 N–H and O–H groups in total. The lowest BCUT2D eigenvalue weighted by Crippen LogP contribution is -2.03. The number of nitrogens with zero attached hydrogens (tertiary/aromatic N) is 2. The van der Waals surface area contributed by atoms with Crippen molar-refractivity contribution in [2.45, 2.75) is 114 Å². The number of para-hydroxylation sites is 2. The molecule has 1 aromatic heterocycles. The van der Waals surface area contributed by atoms with Gasteiger partial charge in [-0.2, -0.15) is 0 Å². The molecule has 0 radical (unpaired) electrons. The Morgan fingerprint density at radius 2 is 1.18 bits per heavy atom. The second kappa shape index (κ2) is 16.0. The van der Waals surface area contributed by atoms with Crippen LogP contribution in [0.3, 0.4) is 0 Å². The van der Waals surface area contributed by atoms with Gasteiger partial charge in [-0.25, -0.2) is 4.98 Å². The van der Waals surface area contributed by atoms with Gasteiger partial charge in [0.15, 0.2) is 0 Å². The molecule has 0 unspecified atom stereocenters. The first kappa shape index (κ1) is 25.9. The maximum atomic E-state index is 4.95. The Labute approximate surface area is 206 Å². The number of imidazole rings is 1. The number of hydrogen-bond donors (Lipinski definition) is 0. The van der Waals surface area contributed by atoms with Crippen LogP contribution in [0.25, 0.3) is 11.0 Å². The summed E-state index contributed by atoms with van der Waals surface area (Å²) in [7, 11) is 0. The average molecular weight is 465 g/mol. The second-order valence-corrected chi connectivity index (χ2v) is 10.4. The third kappa shape index (κ3) is 9.57. The molecule has 0 atom stereocenters. The lowest BCUT2D eigenvalue weighted by Gasteiger charge is -2.09. The Morgan fingerprint density at radius 1 is 0.636 bits per heavy atom. The Hall–Kier alpha value is -1.74. The topological polar surface area (TPSA) is 17.8 Å². The van der Waals surface area contributed by atoms with Crippen LogP contribution in [-0.2, 0) is 12.3 Å². The number of aromatic nitrogens is 2. The summed E-state index contributed by atoms with van der Waals surface area (Å²) in [4.78, 5) is 6.27. The van der Waals surface area contributed by atoms with Crippen molar-refractivity contribution in [1.29, 1.82) is 0 Å². The van der Waals surface area contributed by atoms with E-state index >= 15 is 0 Å². The van der Waals surface area contributed by atoms with E-state index in [9.17, 15) is 0 Å². The standard InChI is InChI=1S/C30H44N2S/c1-2-3-4-5-6-7-8-9-10-11-12-13-14-20-25-32-29-24-19-18-23-28(29)31-30(32)26-33-27-21-16-15-17-22-27/h15-19,21-24H,2-14,20,25-26H2,1H3. The molecule has 33 heavy (non-hydrogen) atoms. The molecular formula is C30H44N2S. The van der Waals surface area contributed by atoms with Gasteiger partial charge in [-0.1, -0.05) is 121 Å². The third-order valence-corrected chi connectivity index (χ3v) is 7.59. The van der Waals surface area contributed by atoms with Gasteiger partial charge in [0.25, 0.3) is 0 Å². The highest BCUT2D eigenvalue weighted by Gasteiger charge is 2.10. The van der Waals surface area contributed by atoms with E-state index in [1.165, 1.54) is 106 Å². The maximum absolute atomic E-state index is 4.95. The molecule has 0 saturated heterocycles. The predicted octanol–water partition coefficient (Wildman–Crippen LogP) is 9.81. The number of fused-ring (bicyclic) bond motifs is 1. The van der Waals surface area contributed by atoms with Gasteiger partial charge in [-0.05, 0) is 30.7 Å². The van der Waals surface area contributed by atoms with Gasteiger partial charge in [0.2, 0.25) is 0 Å². The number of benzene rings is 2. The highest BCUT2D eigenvalue weighted by Crippen LogP contribution is 2.25. The lowest BCUT2D eigenvalue weighted by molar-refractivity contribution is 0.524. The molecule has 0 saturated carbocycles. The first-order valence-corrected chi connectivity index (χ1v) is 14.5. The monoisotopic (exact) mass is 464 g/mol. The van der Waals surface area contributed by atoms with Crippen molar-refractivity contribution >= 4 is 22.8 Å². The second-order valence-electron chi connectivity index (χ2n) is 9.37. The fourth-order valence-electron chi connectivity index (χ4n) is 4.61. The molecule has 3 rings (SSSR count). The van der Waals surface area contributed by atoms with Crippen LogP contribution in [-0.4, -0.2) is 9.55 Å². The minimum absolute atomic E-state index is 0.928. The Bertz CT molecular complexity index is 887. The van der Waals surface area contributed by atoms with E-state index in [1.807, 2.05) is 11.8 Å². The van der Waals surface area contributed by atoms with E-state index < -0.39 is 0 Å². The molecule has 0 spiro atoms. The van der Waals surface area contributed by atoms with Crippen molar-refractivity contribution in [3.63, 3.8) is 0 Å². The quantitative estimate of drug-likeness (QED) is 0.138. The van der Waals surface area contributed by atoms with Gasteiger partial charge in [-0.15, -0.1) is 11.8 Å². The highest BCUT2D eigenvalue weighted by molar-refractivity contribution is 7.98. The van der Waals surface area contributed by atoms with Crippen molar-refractivity contribution in [3.05, 3.63) is 60.4 Å². The summed E-state index contributed by atoms with van der Waals surface area (Å²) >= 11 is 1.88.